The normalized spacial score (nSPS) is 10.7. The lowest BCUT2D eigenvalue weighted by molar-refractivity contribution is 0.0601. The number of rotatable bonds is 9. The Bertz CT molecular complexity index is 1050. The van der Waals surface area contributed by atoms with Gasteiger partial charge in [0, 0.05) is 21.3 Å². The Kier molecular flexibility index (Phi) is 7.88. The summed E-state index contributed by atoms with van der Waals surface area (Å²) in [4.78, 5) is 26.3. The fourth-order valence-electron chi connectivity index (χ4n) is 3.03. The number of methoxy groups -OCH3 is 1. The second kappa shape index (κ2) is 10.8. The molecular formula is C22H24BrN5O3. The number of amides is 1. The van der Waals surface area contributed by atoms with Crippen LogP contribution in [0.25, 0.3) is 11.4 Å². The minimum atomic E-state index is -0.514. The number of nitrogens with one attached hydrogen (secondary N) is 1. The summed E-state index contributed by atoms with van der Waals surface area (Å²) in [5.74, 6) is -0.479. The van der Waals surface area contributed by atoms with Gasteiger partial charge in [-0.3, -0.25) is 4.79 Å². The maximum atomic E-state index is 12.6. The Labute approximate surface area is 189 Å². The maximum absolute atomic E-state index is 12.6. The number of hydrogen-bond acceptors (Lipinski definition) is 6. The fourth-order valence-corrected chi connectivity index (χ4v) is 3.29. The van der Waals surface area contributed by atoms with E-state index in [1.165, 1.54) is 11.9 Å². The largest absolute Gasteiger partial charge is 0.465 e. The highest BCUT2D eigenvalue weighted by atomic mass is 79.9. The van der Waals surface area contributed by atoms with Crippen molar-refractivity contribution < 1.29 is 14.3 Å². The van der Waals surface area contributed by atoms with Gasteiger partial charge in [-0.1, -0.05) is 42.1 Å². The molecule has 1 N–H and O–H groups in total. The molecule has 162 valence electrons. The van der Waals surface area contributed by atoms with Crippen molar-refractivity contribution in [2.24, 2.45) is 0 Å². The summed E-state index contributed by atoms with van der Waals surface area (Å²) in [7, 11) is 1.31. The van der Waals surface area contributed by atoms with Crippen LogP contribution in [0.4, 0.5) is 5.69 Å². The zero-order valence-electron chi connectivity index (χ0n) is 17.5. The van der Waals surface area contributed by atoms with E-state index >= 15 is 0 Å². The molecule has 0 fully saturated rings. The van der Waals surface area contributed by atoms with Crippen LogP contribution < -0.4 is 5.32 Å². The Morgan fingerprint density at radius 3 is 2.58 bits per heavy atom. The summed E-state index contributed by atoms with van der Waals surface area (Å²) in [5.41, 5.74) is 1.77. The second-order valence-corrected chi connectivity index (χ2v) is 7.90. The Balaban J connectivity index is 1.84. The van der Waals surface area contributed by atoms with E-state index in [0.717, 1.165) is 30.2 Å². The van der Waals surface area contributed by atoms with Crippen LogP contribution in [0.5, 0.6) is 0 Å². The van der Waals surface area contributed by atoms with Crippen LogP contribution >= 0.6 is 15.9 Å². The summed E-state index contributed by atoms with van der Waals surface area (Å²) in [6.07, 6.45) is 4.36. The van der Waals surface area contributed by atoms with Gasteiger partial charge in [0.25, 0.3) is 5.91 Å². The Morgan fingerprint density at radius 1 is 1.10 bits per heavy atom. The number of aromatic nitrogens is 4. The van der Waals surface area contributed by atoms with Crippen LogP contribution in [0.3, 0.4) is 0 Å². The van der Waals surface area contributed by atoms with Gasteiger partial charge in [0.15, 0.2) is 0 Å². The lowest BCUT2D eigenvalue weighted by Crippen LogP contribution is -2.12. The molecule has 2 aromatic carbocycles. The van der Waals surface area contributed by atoms with E-state index < -0.39 is 5.97 Å². The molecule has 0 bridgehead atoms. The predicted octanol–water partition coefficient (Wildman–Crippen LogP) is 4.72. The zero-order chi connectivity index (χ0) is 22.2. The molecule has 1 amide bonds. The van der Waals surface area contributed by atoms with Crippen molar-refractivity contribution in [1.82, 2.24) is 20.2 Å². The number of esters is 1. The SMILES string of the molecule is CCCCCCn1nnc(-c2cc(NC(=O)c3ccc(Br)cc3)ccc2C(=O)OC)n1. The number of hydrogen-bond donors (Lipinski definition) is 1. The highest BCUT2D eigenvalue weighted by molar-refractivity contribution is 9.10. The average molecular weight is 486 g/mol. The number of carbonyl (C=O) groups is 2. The summed E-state index contributed by atoms with van der Waals surface area (Å²) in [6.45, 7) is 2.81. The number of tetrazole rings is 1. The third kappa shape index (κ3) is 5.97. The number of halogens is 1. The molecule has 8 nitrogen and oxygen atoms in total. The molecule has 0 aliphatic rings. The molecule has 0 saturated carbocycles. The first-order chi connectivity index (χ1) is 15.0. The first-order valence-electron chi connectivity index (χ1n) is 10.1. The van der Waals surface area contributed by atoms with Gasteiger partial charge in [-0.15, -0.1) is 10.2 Å². The lowest BCUT2D eigenvalue weighted by Gasteiger charge is -2.10. The van der Waals surface area contributed by atoms with Gasteiger partial charge in [-0.05, 0) is 54.1 Å². The number of ether oxygens (including phenoxy) is 1. The van der Waals surface area contributed by atoms with Crippen molar-refractivity contribution in [1.29, 1.82) is 0 Å². The number of nitrogens with zero attached hydrogens (tertiary/aromatic N) is 4. The van der Waals surface area contributed by atoms with E-state index in [1.54, 1.807) is 42.5 Å². The van der Waals surface area contributed by atoms with Crippen LogP contribution in [-0.2, 0) is 11.3 Å². The molecule has 1 heterocycles. The highest BCUT2D eigenvalue weighted by Gasteiger charge is 2.19. The number of unbranched alkanes of at least 4 members (excludes halogenated alkanes) is 3. The minimum absolute atomic E-state index is 0.267. The van der Waals surface area contributed by atoms with E-state index in [-0.39, 0.29) is 5.91 Å². The second-order valence-electron chi connectivity index (χ2n) is 6.98. The number of benzene rings is 2. The van der Waals surface area contributed by atoms with E-state index in [4.69, 9.17) is 4.74 Å². The monoisotopic (exact) mass is 485 g/mol. The molecule has 0 radical (unpaired) electrons. The summed E-state index contributed by atoms with van der Waals surface area (Å²) in [5, 5.41) is 15.5. The molecule has 0 spiro atoms. The van der Waals surface area contributed by atoms with Gasteiger partial charge in [0.1, 0.15) is 0 Å². The molecule has 1 aromatic heterocycles. The number of anilines is 1. The van der Waals surface area contributed by atoms with E-state index in [0.29, 0.717) is 34.7 Å². The predicted molar refractivity (Wildman–Crippen MR) is 121 cm³/mol. The molecule has 31 heavy (non-hydrogen) atoms. The summed E-state index contributed by atoms with van der Waals surface area (Å²) < 4.78 is 5.77. The van der Waals surface area contributed by atoms with Crippen molar-refractivity contribution in [2.45, 2.75) is 39.2 Å². The summed E-state index contributed by atoms with van der Waals surface area (Å²) >= 11 is 3.35. The highest BCUT2D eigenvalue weighted by Crippen LogP contribution is 2.25. The van der Waals surface area contributed by atoms with Gasteiger partial charge in [-0.2, -0.15) is 4.80 Å². The third-order valence-electron chi connectivity index (χ3n) is 4.69. The van der Waals surface area contributed by atoms with Crippen molar-refractivity contribution in [3.63, 3.8) is 0 Å². The number of aryl methyl sites for hydroxylation is 1. The quantitative estimate of drug-likeness (QED) is 0.347. The molecule has 0 saturated heterocycles. The van der Waals surface area contributed by atoms with Crippen LogP contribution in [0.1, 0.15) is 53.3 Å². The van der Waals surface area contributed by atoms with Crippen LogP contribution in [0.2, 0.25) is 0 Å². The molecular weight excluding hydrogens is 462 g/mol. The molecule has 3 aromatic rings. The van der Waals surface area contributed by atoms with Crippen molar-refractivity contribution in [2.75, 3.05) is 12.4 Å². The zero-order valence-corrected chi connectivity index (χ0v) is 19.1. The molecule has 0 aliphatic heterocycles. The number of carbonyl (C=O) groups excluding carboxylic acids is 2. The smallest absolute Gasteiger partial charge is 0.338 e. The van der Waals surface area contributed by atoms with E-state index in [2.05, 4.69) is 43.6 Å². The lowest BCUT2D eigenvalue weighted by atomic mass is 10.1. The van der Waals surface area contributed by atoms with Gasteiger partial charge < -0.3 is 10.1 Å². The van der Waals surface area contributed by atoms with Crippen LogP contribution in [0, 0.1) is 0 Å². The van der Waals surface area contributed by atoms with Crippen molar-refractivity contribution in [3.05, 3.63) is 58.1 Å². The molecule has 0 atom stereocenters. The van der Waals surface area contributed by atoms with E-state index in [1.807, 2.05) is 0 Å². The Hall–Kier alpha value is -3.07. The average Bonchev–Trinajstić information content (AvgIpc) is 3.25. The standard InChI is InChI=1S/C22H24BrN5O3/c1-3-4-5-6-13-28-26-20(25-27-28)19-14-17(11-12-18(19)22(30)31-2)24-21(29)15-7-9-16(23)10-8-15/h7-12,14H,3-6,13H2,1-2H3,(H,24,29). The van der Waals surface area contributed by atoms with Crippen molar-refractivity contribution >= 4 is 33.5 Å². The molecule has 9 heteroatoms. The van der Waals surface area contributed by atoms with E-state index in [9.17, 15) is 9.59 Å². The van der Waals surface area contributed by atoms with Gasteiger partial charge in [0.2, 0.25) is 5.82 Å². The summed E-state index contributed by atoms with van der Waals surface area (Å²) in [6, 6.07) is 11.9. The fraction of sp³-hybridized carbons (Fsp3) is 0.318. The minimum Gasteiger partial charge on any atom is -0.465 e. The van der Waals surface area contributed by atoms with Crippen LogP contribution in [-0.4, -0.2) is 39.2 Å². The van der Waals surface area contributed by atoms with Crippen molar-refractivity contribution in [3.8, 4) is 11.4 Å². The van der Waals surface area contributed by atoms with Gasteiger partial charge in [0.05, 0.1) is 19.2 Å². The molecule has 3 rings (SSSR count). The van der Waals surface area contributed by atoms with Gasteiger partial charge in [-0.25, -0.2) is 4.79 Å². The first kappa shape index (κ1) is 22.6. The first-order valence-corrected chi connectivity index (χ1v) is 10.9. The van der Waals surface area contributed by atoms with Crippen LogP contribution in [0.15, 0.2) is 46.9 Å². The van der Waals surface area contributed by atoms with Gasteiger partial charge >= 0.3 is 5.97 Å². The molecule has 0 unspecified atom stereocenters. The molecule has 0 aliphatic carbocycles. The maximum Gasteiger partial charge on any atom is 0.338 e. The Morgan fingerprint density at radius 2 is 1.87 bits per heavy atom. The third-order valence-corrected chi connectivity index (χ3v) is 5.22. The topological polar surface area (TPSA) is 99.0 Å².